The highest BCUT2D eigenvalue weighted by Gasteiger charge is 2.19. The zero-order valence-electron chi connectivity index (χ0n) is 12.4. The third kappa shape index (κ3) is 4.22. The van der Waals surface area contributed by atoms with E-state index in [4.69, 9.17) is 11.6 Å². The van der Waals surface area contributed by atoms with Crippen molar-refractivity contribution in [3.63, 3.8) is 0 Å². The Kier molecular flexibility index (Phi) is 5.29. The molecule has 0 bridgehead atoms. The standard InChI is InChI=1S/C17H26ClN/c1-13(2)15-6-8-16(9-7-15)17(18)12-19-10-4-5-14(3)11-19/h6-9,13-14,17H,4-5,10-12H2,1-3H3. The molecular formula is C17H26ClN. The van der Waals surface area contributed by atoms with Crippen LogP contribution >= 0.6 is 11.6 Å². The Morgan fingerprint density at radius 3 is 2.42 bits per heavy atom. The van der Waals surface area contributed by atoms with Crippen LogP contribution in [0.25, 0.3) is 0 Å². The maximum absolute atomic E-state index is 6.58. The van der Waals surface area contributed by atoms with Gasteiger partial charge in [0.25, 0.3) is 0 Å². The number of rotatable bonds is 4. The molecule has 0 aromatic heterocycles. The van der Waals surface area contributed by atoms with Crippen LogP contribution in [0.1, 0.15) is 56.0 Å². The summed E-state index contributed by atoms with van der Waals surface area (Å²) in [5, 5.41) is 0.117. The first-order chi connectivity index (χ1) is 9.06. The average Bonchev–Trinajstić information content (AvgIpc) is 2.39. The summed E-state index contributed by atoms with van der Waals surface area (Å²) in [6.45, 7) is 10.2. The predicted octanol–water partition coefficient (Wildman–Crippen LogP) is 4.82. The van der Waals surface area contributed by atoms with Gasteiger partial charge in [-0.1, -0.05) is 45.0 Å². The highest BCUT2D eigenvalue weighted by Crippen LogP contribution is 2.26. The molecule has 1 aromatic carbocycles. The molecule has 2 rings (SSSR count). The molecule has 0 spiro atoms. The van der Waals surface area contributed by atoms with Crippen LogP contribution in [0.3, 0.4) is 0 Å². The second kappa shape index (κ2) is 6.76. The highest BCUT2D eigenvalue weighted by atomic mass is 35.5. The van der Waals surface area contributed by atoms with Gasteiger partial charge in [-0.2, -0.15) is 0 Å². The van der Waals surface area contributed by atoms with Gasteiger partial charge in [0.05, 0.1) is 5.38 Å². The third-order valence-corrected chi connectivity index (χ3v) is 4.51. The lowest BCUT2D eigenvalue weighted by Crippen LogP contribution is -2.36. The van der Waals surface area contributed by atoms with E-state index in [0.717, 1.165) is 12.5 Å². The highest BCUT2D eigenvalue weighted by molar-refractivity contribution is 6.21. The minimum Gasteiger partial charge on any atom is -0.301 e. The van der Waals surface area contributed by atoms with E-state index in [2.05, 4.69) is 49.9 Å². The number of hydrogen-bond donors (Lipinski definition) is 0. The summed E-state index contributed by atoms with van der Waals surface area (Å²) in [4.78, 5) is 2.52. The van der Waals surface area contributed by atoms with Crippen LogP contribution in [0.2, 0.25) is 0 Å². The fraction of sp³-hybridized carbons (Fsp3) is 0.647. The van der Waals surface area contributed by atoms with Crippen LogP contribution in [0.15, 0.2) is 24.3 Å². The topological polar surface area (TPSA) is 3.24 Å². The summed E-state index contributed by atoms with van der Waals surface area (Å²) >= 11 is 6.58. The van der Waals surface area contributed by atoms with Crippen molar-refractivity contribution in [3.05, 3.63) is 35.4 Å². The number of hydrogen-bond acceptors (Lipinski definition) is 1. The van der Waals surface area contributed by atoms with Crippen molar-refractivity contribution in [2.45, 2.75) is 44.9 Å². The quantitative estimate of drug-likeness (QED) is 0.714. The lowest BCUT2D eigenvalue weighted by atomic mass is 9.98. The molecule has 106 valence electrons. The third-order valence-electron chi connectivity index (χ3n) is 4.12. The second-order valence-corrected chi connectivity index (χ2v) is 6.82. The van der Waals surface area contributed by atoms with Gasteiger partial charge >= 0.3 is 0 Å². The van der Waals surface area contributed by atoms with E-state index < -0.39 is 0 Å². The van der Waals surface area contributed by atoms with Crippen LogP contribution in [0, 0.1) is 5.92 Å². The molecule has 1 nitrogen and oxygen atoms in total. The van der Waals surface area contributed by atoms with Crippen LogP contribution < -0.4 is 0 Å². The van der Waals surface area contributed by atoms with Gasteiger partial charge in [0.15, 0.2) is 0 Å². The van der Waals surface area contributed by atoms with Crippen LogP contribution in [-0.2, 0) is 0 Å². The normalized spacial score (nSPS) is 22.7. The lowest BCUT2D eigenvalue weighted by molar-refractivity contribution is 0.184. The predicted molar refractivity (Wildman–Crippen MR) is 84.0 cm³/mol. The Labute approximate surface area is 123 Å². The molecule has 19 heavy (non-hydrogen) atoms. The Bertz CT molecular complexity index is 385. The first-order valence-electron chi connectivity index (χ1n) is 7.52. The molecule has 1 heterocycles. The van der Waals surface area contributed by atoms with E-state index in [1.807, 2.05) is 0 Å². The van der Waals surface area contributed by atoms with Gasteiger partial charge in [0.2, 0.25) is 0 Å². The van der Waals surface area contributed by atoms with Crippen molar-refractivity contribution in [1.82, 2.24) is 4.90 Å². The molecule has 1 aromatic rings. The molecule has 0 N–H and O–H groups in total. The van der Waals surface area contributed by atoms with Crippen molar-refractivity contribution in [1.29, 1.82) is 0 Å². The number of piperidine rings is 1. The summed E-state index contributed by atoms with van der Waals surface area (Å²) in [5.74, 6) is 1.41. The fourth-order valence-corrected chi connectivity index (χ4v) is 3.22. The minimum absolute atomic E-state index is 0.117. The SMILES string of the molecule is CC1CCCN(CC(Cl)c2ccc(C(C)C)cc2)C1. The van der Waals surface area contributed by atoms with Gasteiger partial charge in [-0.05, 0) is 42.3 Å². The minimum atomic E-state index is 0.117. The lowest BCUT2D eigenvalue weighted by Gasteiger charge is -2.32. The molecular weight excluding hydrogens is 254 g/mol. The molecule has 1 saturated heterocycles. The molecule has 1 fully saturated rings. The largest absolute Gasteiger partial charge is 0.301 e. The van der Waals surface area contributed by atoms with Crippen LogP contribution in [0.5, 0.6) is 0 Å². The van der Waals surface area contributed by atoms with Crippen molar-refractivity contribution in [2.24, 2.45) is 5.92 Å². The van der Waals surface area contributed by atoms with E-state index >= 15 is 0 Å². The molecule has 0 saturated carbocycles. The summed E-state index contributed by atoms with van der Waals surface area (Å²) in [5.41, 5.74) is 2.64. The van der Waals surface area contributed by atoms with Crippen LogP contribution in [-0.4, -0.2) is 24.5 Å². The zero-order valence-corrected chi connectivity index (χ0v) is 13.2. The van der Waals surface area contributed by atoms with Crippen molar-refractivity contribution in [3.8, 4) is 0 Å². The van der Waals surface area contributed by atoms with E-state index in [0.29, 0.717) is 5.92 Å². The first kappa shape index (κ1) is 14.9. The molecule has 1 aliphatic rings. The maximum atomic E-state index is 6.58. The molecule has 0 aliphatic carbocycles. The Hall–Kier alpha value is -0.530. The number of alkyl halides is 1. The van der Waals surface area contributed by atoms with Crippen molar-refractivity contribution < 1.29 is 0 Å². The number of likely N-dealkylation sites (tertiary alicyclic amines) is 1. The smallest absolute Gasteiger partial charge is 0.0712 e. The van der Waals surface area contributed by atoms with Gasteiger partial charge < -0.3 is 4.90 Å². The van der Waals surface area contributed by atoms with E-state index in [1.165, 1.54) is 37.1 Å². The Balaban J connectivity index is 1.93. The molecule has 2 unspecified atom stereocenters. The van der Waals surface area contributed by atoms with E-state index in [9.17, 15) is 0 Å². The summed E-state index contributed by atoms with van der Waals surface area (Å²) in [6.07, 6.45) is 2.68. The maximum Gasteiger partial charge on any atom is 0.0712 e. The molecule has 1 aliphatic heterocycles. The average molecular weight is 280 g/mol. The van der Waals surface area contributed by atoms with Crippen molar-refractivity contribution in [2.75, 3.05) is 19.6 Å². The van der Waals surface area contributed by atoms with E-state index in [-0.39, 0.29) is 5.38 Å². The van der Waals surface area contributed by atoms with Crippen LogP contribution in [0.4, 0.5) is 0 Å². The van der Waals surface area contributed by atoms with Gasteiger partial charge in [-0.25, -0.2) is 0 Å². The summed E-state index contributed by atoms with van der Waals surface area (Å²) in [7, 11) is 0. The van der Waals surface area contributed by atoms with Gasteiger partial charge in [-0.15, -0.1) is 11.6 Å². The van der Waals surface area contributed by atoms with Gasteiger partial charge in [0, 0.05) is 13.1 Å². The molecule has 2 atom stereocenters. The zero-order chi connectivity index (χ0) is 13.8. The number of halogens is 1. The second-order valence-electron chi connectivity index (χ2n) is 6.30. The first-order valence-corrected chi connectivity index (χ1v) is 7.96. The van der Waals surface area contributed by atoms with Gasteiger partial charge in [0.1, 0.15) is 0 Å². The van der Waals surface area contributed by atoms with Crippen molar-refractivity contribution >= 4 is 11.6 Å². The fourth-order valence-electron chi connectivity index (χ4n) is 2.87. The Morgan fingerprint density at radius 2 is 1.84 bits per heavy atom. The van der Waals surface area contributed by atoms with E-state index in [1.54, 1.807) is 0 Å². The number of nitrogens with zero attached hydrogens (tertiary/aromatic N) is 1. The number of benzene rings is 1. The van der Waals surface area contributed by atoms with Gasteiger partial charge in [-0.3, -0.25) is 0 Å². The molecule has 0 radical (unpaired) electrons. The monoisotopic (exact) mass is 279 g/mol. The Morgan fingerprint density at radius 1 is 1.21 bits per heavy atom. The summed E-state index contributed by atoms with van der Waals surface area (Å²) in [6, 6.07) is 8.82. The summed E-state index contributed by atoms with van der Waals surface area (Å²) < 4.78 is 0. The molecule has 0 amide bonds. The molecule has 2 heteroatoms.